The fraction of sp³-hybridized carbons (Fsp3) is 0.786. The molecule has 0 saturated carbocycles. The van der Waals surface area contributed by atoms with Crippen LogP contribution in [0.25, 0.3) is 0 Å². The summed E-state index contributed by atoms with van der Waals surface area (Å²) in [6.45, 7) is 3.78. The third-order valence-electron chi connectivity index (χ3n) is 3.70. The molecule has 0 aromatic heterocycles. The molecule has 1 aliphatic heterocycles. The maximum atomic E-state index is 12.2. The normalized spacial score (nSPS) is 21.7. The molecule has 0 bridgehead atoms. The van der Waals surface area contributed by atoms with Crippen LogP contribution < -0.4 is 21.7 Å². The Morgan fingerprint density at radius 1 is 1.36 bits per heavy atom. The lowest BCUT2D eigenvalue weighted by atomic mass is 10.1. The van der Waals surface area contributed by atoms with E-state index in [9.17, 15) is 19.5 Å². The van der Waals surface area contributed by atoms with Gasteiger partial charge in [0.25, 0.3) is 0 Å². The van der Waals surface area contributed by atoms with Crippen LogP contribution in [0, 0.1) is 0 Å². The first-order chi connectivity index (χ1) is 10.4. The first-order valence-electron chi connectivity index (χ1n) is 7.59. The summed E-state index contributed by atoms with van der Waals surface area (Å²) in [5, 5.41) is 17.8. The van der Waals surface area contributed by atoms with Crippen LogP contribution in [-0.2, 0) is 14.4 Å². The molecule has 1 rings (SSSR count). The number of hydrogen-bond acceptors (Lipinski definition) is 6. The summed E-state index contributed by atoms with van der Waals surface area (Å²) >= 11 is 0. The smallest absolute Gasteiger partial charge is 0.245 e. The van der Waals surface area contributed by atoms with Crippen LogP contribution in [0.5, 0.6) is 0 Å². The number of ketones is 1. The van der Waals surface area contributed by atoms with Crippen molar-refractivity contribution in [2.75, 3.05) is 13.1 Å². The van der Waals surface area contributed by atoms with Gasteiger partial charge in [0.1, 0.15) is 6.04 Å². The van der Waals surface area contributed by atoms with E-state index in [1.807, 2.05) is 0 Å². The first-order valence-corrected chi connectivity index (χ1v) is 7.59. The zero-order chi connectivity index (χ0) is 16.7. The Bertz CT molecular complexity index is 408. The molecule has 1 saturated heterocycles. The number of nitrogens with one attached hydrogen (secondary N) is 3. The Labute approximate surface area is 130 Å². The molecule has 126 valence electrons. The average Bonchev–Trinajstić information content (AvgIpc) is 2.97. The van der Waals surface area contributed by atoms with E-state index in [0.29, 0.717) is 12.8 Å². The number of aliphatic hydroxyl groups excluding tert-OH is 1. The molecular formula is C14H26N4O4. The third-order valence-corrected chi connectivity index (χ3v) is 3.70. The van der Waals surface area contributed by atoms with Crippen LogP contribution in [0.4, 0.5) is 0 Å². The van der Waals surface area contributed by atoms with Crippen molar-refractivity contribution in [2.45, 2.75) is 57.3 Å². The number of amides is 2. The largest absolute Gasteiger partial charge is 0.391 e. The highest BCUT2D eigenvalue weighted by Gasteiger charge is 2.31. The SMILES string of the molecule is CC(=O)[C@H](CCN)NC(=O)[C@@H](NC(=O)[C@@H]1CCCN1)C(C)O. The minimum atomic E-state index is -1.10. The van der Waals surface area contributed by atoms with E-state index in [1.54, 1.807) is 0 Å². The van der Waals surface area contributed by atoms with Gasteiger partial charge in [-0.3, -0.25) is 14.4 Å². The van der Waals surface area contributed by atoms with Crippen LogP contribution >= 0.6 is 0 Å². The minimum absolute atomic E-state index is 0.216. The van der Waals surface area contributed by atoms with Crippen LogP contribution in [0.2, 0.25) is 0 Å². The number of rotatable bonds is 8. The molecule has 1 unspecified atom stereocenters. The van der Waals surface area contributed by atoms with Crippen LogP contribution in [0.3, 0.4) is 0 Å². The summed E-state index contributed by atoms with van der Waals surface area (Å²) < 4.78 is 0. The Hall–Kier alpha value is -1.51. The number of Topliss-reactive ketones (excluding diaryl/α,β-unsaturated/α-hetero) is 1. The van der Waals surface area contributed by atoms with Gasteiger partial charge in [-0.1, -0.05) is 0 Å². The first kappa shape index (κ1) is 18.5. The Kier molecular flexibility index (Phi) is 7.43. The average molecular weight is 314 g/mol. The summed E-state index contributed by atoms with van der Waals surface area (Å²) in [5.41, 5.74) is 5.41. The highest BCUT2D eigenvalue weighted by molar-refractivity contribution is 5.93. The second-order valence-corrected chi connectivity index (χ2v) is 5.62. The lowest BCUT2D eigenvalue weighted by Crippen LogP contribution is -2.58. The van der Waals surface area contributed by atoms with Crippen molar-refractivity contribution < 1.29 is 19.5 Å². The van der Waals surface area contributed by atoms with Gasteiger partial charge in [-0.05, 0) is 46.2 Å². The topological polar surface area (TPSA) is 134 Å². The highest BCUT2D eigenvalue weighted by atomic mass is 16.3. The number of nitrogens with two attached hydrogens (primary N) is 1. The van der Waals surface area contributed by atoms with E-state index in [0.717, 1.165) is 13.0 Å². The van der Waals surface area contributed by atoms with E-state index in [2.05, 4.69) is 16.0 Å². The van der Waals surface area contributed by atoms with Gasteiger partial charge in [-0.25, -0.2) is 0 Å². The van der Waals surface area contributed by atoms with Crippen molar-refractivity contribution in [3.63, 3.8) is 0 Å². The Balaban J connectivity index is 2.66. The van der Waals surface area contributed by atoms with Gasteiger partial charge in [-0.2, -0.15) is 0 Å². The molecule has 4 atom stereocenters. The molecular weight excluding hydrogens is 288 g/mol. The third kappa shape index (κ3) is 5.36. The van der Waals surface area contributed by atoms with Crippen LogP contribution in [-0.4, -0.2) is 60.0 Å². The Morgan fingerprint density at radius 2 is 2.05 bits per heavy atom. The number of aliphatic hydroxyl groups is 1. The number of carbonyl (C=O) groups excluding carboxylic acids is 3. The summed E-state index contributed by atoms with van der Waals surface area (Å²) in [6, 6.07) is -2.16. The van der Waals surface area contributed by atoms with Gasteiger partial charge in [0.15, 0.2) is 5.78 Å². The van der Waals surface area contributed by atoms with Crippen LogP contribution in [0.1, 0.15) is 33.1 Å². The van der Waals surface area contributed by atoms with Crippen molar-refractivity contribution in [3.8, 4) is 0 Å². The molecule has 2 amide bonds. The molecule has 0 radical (unpaired) electrons. The van der Waals surface area contributed by atoms with E-state index < -0.39 is 24.1 Å². The quantitative estimate of drug-likeness (QED) is 0.353. The second kappa shape index (κ2) is 8.82. The van der Waals surface area contributed by atoms with Crippen molar-refractivity contribution in [1.82, 2.24) is 16.0 Å². The standard InChI is InChI=1S/C14H26N4O4/c1-8(19)10(5-6-15)17-14(22)12(9(2)20)18-13(21)11-4-3-7-16-11/h9-12,16,20H,3-7,15H2,1-2H3,(H,17,22)(H,18,21)/t9?,10-,11-,12-/m0/s1. The summed E-state index contributed by atoms with van der Waals surface area (Å²) in [4.78, 5) is 35.7. The highest BCUT2D eigenvalue weighted by Crippen LogP contribution is 2.06. The van der Waals surface area contributed by atoms with Crippen molar-refractivity contribution in [1.29, 1.82) is 0 Å². The van der Waals surface area contributed by atoms with Crippen molar-refractivity contribution in [2.24, 2.45) is 5.73 Å². The van der Waals surface area contributed by atoms with Gasteiger partial charge in [-0.15, -0.1) is 0 Å². The fourth-order valence-corrected chi connectivity index (χ4v) is 2.37. The zero-order valence-corrected chi connectivity index (χ0v) is 13.1. The maximum Gasteiger partial charge on any atom is 0.245 e. The van der Waals surface area contributed by atoms with Gasteiger partial charge in [0, 0.05) is 0 Å². The summed E-state index contributed by atoms with van der Waals surface area (Å²) in [5.74, 6) is -1.13. The monoisotopic (exact) mass is 314 g/mol. The summed E-state index contributed by atoms with van der Waals surface area (Å²) in [6.07, 6.45) is 0.831. The lowest BCUT2D eigenvalue weighted by Gasteiger charge is -2.25. The molecule has 1 heterocycles. The summed E-state index contributed by atoms with van der Waals surface area (Å²) in [7, 11) is 0. The van der Waals surface area contributed by atoms with E-state index in [4.69, 9.17) is 5.73 Å². The zero-order valence-electron chi connectivity index (χ0n) is 13.1. The van der Waals surface area contributed by atoms with Crippen LogP contribution in [0.15, 0.2) is 0 Å². The predicted molar refractivity (Wildman–Crippen MR) is 80.9 cm³/mol. The van der Waals surface area contributed by atoms with E-state index in [-0.39, 0.29) is 24.3 Å². The molecule has 0 aromatic carbocycles. The Morgan fingerprint density at radius 3 is 2.50 bits per heavy atom. The molecule has 0 aromatic rings. The molecule has 6 N–H and O–H groups in total. The molecule has 1 aliphatic rings. The molecule has 0 spiro atoms. The molecule has 0 aliphatic carbocycles. The number of carbonyl (C=O) groups is 3. The minimum Gasteiger partial charge on any atom is -0.391 e. The van der Waals surface area contributed by atoms with E-state index >= 15 is 0 Å². The molecule has 8 nitrogen and oxygen atoms in total. The van der Waals surface area contributed by atoms with Crippen molar-refractivity contribution in [3.05, 3.63) is 0 Å². The van der Waals surface area contributed by atoms with Gasteiger partial charge >= 0.3 is 0 Å². The maximum absolute atomic E-state index is 12.2. The molecule has 22 heavy (non-hydrogen) atoms. The lowest BCUT2D eigenvalue weighted by molar-refractivity contribution is -0.134. The van der Waals surface area contributed by atoms with E-state index in [1.165, 1.54) is 13.8 Å². The van der Waals surface area contributed by atoms with Gasteiger partial charge < -0.3 is 26.8 Å². The van der Waals surface area contributed by atoms with Crippen molar-refractivity contribution >= 4 is 17.6 Å². The molecule has 1 fully saturated rings. The van der Waals surface area contributed by atoms with Gasteiger partial charge in [0.2, 0.25) is 11.8 Å². The van der Waals surface area contributed by atoms with Gasteiger partial charge in [0.05, 0.1) is 18.2 Å². The predicted octanol–water partition coefficient (Wildman–Crippen LogP) is -1.97. The fourth-order valence-electron chi connectivity index (χ4n) is 2.37. The molecule has 8 heteroatoms. The number of hydrogen-bond donors (Lipinski definition) is 5. The second-order valence-electron chi connectivity index (χ2n) is 5.62.